The van der Waals surface area contributed by atoms with Crippen LogP contribution < -0.4 is 0 Å². The molecule has 3 aromatic carbocycles. The maximum atomic E-state index is 10.4. The number of phenols is 1. The molecular weight excluding hydrogens is 282 g/mol. The SMILES string of the molecule is Cc1ccc(Cc2c(O)ccc3ccccc23)c2ncccc12. The summed E-state index contributed by atoms with van der Waals surface area (Å²) >= 11 is 0. The minimum absolute atomic E-state index is 0.341. The Morgan fingerprint density at radius 1 is 0.870 bits per heavy atom. The molecule has 1 heterocycles. The molecule has 4 rings (SSSR count). The lowest BCUT2D eigenvalue weighted by Gasteiger charge is -2.12. The topological polar surface area (TPSA) is 33.1 Å². The summed E-state index contributed by atoms with van der Waals surface area (Å²) in [5, 5.41) is 13.8. The molecule has 1 aromatic heterocycles. The molecule has 4 aromatic rings. The number of pyridine rings is 1. The number of rotatable bonds is 2. The third-order valence-electron chi connectivity index (χ3n) is 4.45. The summed E-state index contributed by atoms with van der Waals surface area (Å²) in [6.07, 6.45) is 2.50. The van der Waals surface area contributed by atoms with Gasteiger partial charge in [0.15, 0.2) is 0 Å². The Labute approximate surface area is 135 Å². The second-order valence-electron chi connectivity index (χ2n) is 5.90. The summed E-state index contributed by atoms with van der Waals surface area (Å²) in [5.41, 5.74) is 4.33. The Kier molecular flexibility index (Phi) is 3.23. The van der Waals surface area contributed by atoms with E-state index >= 15 is 0 Å². The molecular formula is C21H17NO. The largest absolute Gasteiger partial charge is 0.508 e. The summed E-state index contributed by atoms with van der Waals surface area (Å²) in [6.45, 7) is 2.10. The predicted molar refractivity (Wildman–Crippen MR) is 94.9 cm³/mol. The Hall–Kier alpha value is -2.87. The van der Waals surface area contributed by atoms with E-state index in [1.165, 1.54) is 10.9 Å². The van der Waals surface area contributed by atoms with E-state index in [0.717, 1.165) is 27.4 Å². The number of hydrogen-bond acceptors (Lipinski definition) is 2. The highest BCUT2D eigenvalue weighted by atomic mass is 16.3. The molecule has 0 fully saturated rings. The summed E-state index contributed by atoms with van der Waals surface area (Å²) in [6, 6.07) is 20.2. The van der Waals surface area contributed by atoms with Gasteiger partial charge < -0.3 is 5.11 Å². The number of phenolic OH excluding ortho intramolecular Hbond substituents is 1. The second kappa shape index (κ2) is 5.40. The van der Waals surface area contributed by atoms with Gasteiger partial charge in [-0.1, -0.05) is 48.5 Å². The normalized spacial score (nSPS) is 11.2. The fraction of sp³-hybridized carbons (Fsp3) is 0.0952. The molecule has 2 heteroatoms. The van der Waals surface area contributed by atoms with Crippen molar-refractivity contribution in [3.8, 4) is 5.75 Å². The molecule has 0 bridgehead atoms. The molecule has 0 atom stereocenters. The monoisotopic (exact) mass is 299 g/mol. The van der Waals surface area contributed by atoms with Crippen molar-refractivity contribution >= 4 is 21.7 Å². The van der Waals surface area contributed by atoms with E-state index < -0.39 is 0 Å². The first-order valence-electron chi connectivity index (χ1n) is 7.77. The first-order valence-corrected chi connectivity index (χ1v) is 7.77. The van der Waals surface area contributed by atoms with Gasteiger partial charge in [-0.2, -0.15) is 0 Å². The maximum Gasteiger partial charge on any atom is 0.119 e. The molecule has 2 nitrogen and oxygen atoms in total. The van der Waals surface area contributed by atoms with Gasteiger partial charge >= 0.3 is 0 Å². The Morgan fingerprint density at radius 2 is 1.70 bits per heavy atom. The standard InChI is InChI=1S/C21H17NO/c1-14-8-9-16(21-17(14)7-4-12-22-21)13-19-18-6-3-2-5-15(18)10-11-20(19)23/h2-12,23H,13H2,1H3. The first-order chi connectivity index (χ1) is 11.2. The van der Waals surface area contributed by atoms with Crippen LogP contribution in [0.15, 0.2) is 66.9 Å². The fourth-order valence-electron chi connectivity index (χ4n) is 3.22. The molecule has 0 saturated heterocycles. The van der Waals surface area contributed by atoms with Crippen LogP contribution in [0.5, 0.6) is 5.75 Å². The molecule has 0 aliphatic carbocycles. The zero-order valence-electron chi connectivity index (χ0n) is 13.0. The molecule has 1 N–H and O–H groups in total. The number of fused-ring (bicyclic) bond motifs is 2. The van der Waals surface area contributed by atoms with Crippen LogP contribution in [0, 0.1) is 6.92 Å². The van der Waals surface area contributed by atoms with Gasteiger partial charge in [0, 0.05) is 23.6 Å². The van der Waals surface area contributed by atoms with Crippen LogP contribution in [0.1, 0.15) is 16.7 Å². The molecule has 112 valence electrons. The number of benzene rings is 3. The summed E-state index contributed by atoms with van der Waals surface area (Å²) in [7, 11) is 0. The van der Waals surface area contributed by atoms with Crippen LogP contribution in [0.3, 0.4) is 0 Å². The molecule has 0 aliphatic rings. The summed E-state index contributed by atoms with van der Waals surface area (Å²) < 4.78 is 0. The molecule has 0 amide bonds. The highest BCUT2D eigenvalue weighted by Gasteiger charge is 2.11. The second-order valence-corrected chi connectivity index (χ2v) is 5.90. The van der Waals surface area contributed by atoms with Crippen molar-refractivity contribution in [2.24, 2.45) is 0 Å². The van der Waals surface area contributed by atoms with Crippen molar-refractivity contribution < 1.29 is 5.11 Å². The maximum absolute atomic E-state index is 10.4. The lowest BCUT2D eigenvalue weighted by Crippen LogP contribution is -1.95. The molecule has 0 spiro atoms. The lowest BCUT2D eigenvalue weighted by atomic mass is 9.95. The minimum Gasteiger partial charge on any atom is -0.508 e. The minimum atomic E-state index is 0.341. The number of aromatic hydroxyl groups is 1. The fourth-order valence-corrected chi connectivity index (χ4v) is 3.22. The van der Waals surface area contributed by atoms with E-state index in [1.807, 2.05) is 30.5 Å². The van der Waals surface area contributed by atoms with E-state index in [-0.39, 0.29) is 0 Å². The smallest absolute Gasteiger partial charge is 0.119 e. The van der Waals surface area contributed by atoms with Crippen LogP contribution in [-0.4, -0.2) is 10.1 Å². The third kappa shape index (κ3) is 2.33. The zero-order chi connectivity index (χ0) is 15.8. The van der Waals surface area contributed by atoms with E-state index in [1.54, 1.807) is 6.07 Å². The Balaban J connectivity index is 1.92. The van der Waals surface area contributed by atoms with E-state index in [9.17, 15) is 5.11 Å². The van der Waals surface area contributed by atoms with Gasteiger partial charge in [0.25, 0.3) is 0 Å². The average Bonchev–Trinajstić information content (AvgIpc) is 2.60. The van der Waals surface area contributed by atoms with Crippen LogP contribution in [-0.2, 0) is 6.42 Å². The molecule has 0 radical (unpaired) electrons. The summed E-state index contributed by atoms with van der Waals surface area (Å²) in [4.78, 5) is 4.57. The van der Waals surface area contributed by atoms with E-state index in [2.05, 4.69) is 42.2 Å². The van der Waals surface area contributed by atoms with Crippen molar-refractivity contribution in [2.45, 2.75) is 13.3 Å². The Bertz CT molecular complexity index is 1020. The molecule has 23 heavy (non-hydrogen) atoms. The van der Waals surface area contributed by atoms with Crippen LogP contribution in [0.25, 0.3) is 21.7 Å². The van der Waals surface area contributed by atoms with Gasteiger partial charge in [0.05, 0.1) is 5.52 Å². The average molecular weight is 299 g/mol. The van der Waals surface area contributed by atoms with Gasteiger partial charge in [-0.25, -0.2) is 0 Å². The molecule has 0 unspecified atom stereocenters. The van der Waals surface area contributed by atoms with Crippen molar-refractivity contribution in [3.05, 3.63) is 83.6 Å². The van der Waals surface area contributed by atoms with E-state index in [0.29, 0.717) is 12.2 Å². The van der Waals surface area contributed by atoms with Gasteiger partial charge in [0.2, 0.25) is 0 Å². The third-order valence-corrected chi connectivity index (χ3v) is 4.45. The number of aromatic nitrogens is 1. The van der Waals surface area contributed by atoms with Gasteiger partial charge in [-0.15, -0.1) is 0 Å². The van der Waals surface area contributed by atoms with E-state index in [4.69, 9.17) is 0 Å². The van der Waals surface area contributed by atoms with Crippen molar-refractivity contribution in [3.63, 3.8) is 0 Å². The zero-order valence-corrected chi connectivity index (χ0v) is 13.0. The van der Waals surface area contributed by atoms with Crippen LogP contribution >= 0.6 is 0 Å². The van der Waals surface area contributed by atoms with Crippen molar-refractivity contribution in [1.29, 1.82) is 0 Å². The first kappa shape index (κ1) is 13.8. The van der Waals surface area contributed by atoms with Gasteiger partial charge in [-0.3, -0.25) is 4.98 Å². The van der Waals surface area contributed by atoms with Crippen molar-refractivity contribution in [2.75, 3.05) is 0 Å². The highest BCUT2D eigenvalue weighted by Crippen LogP contribution is 2.31. The predicted octanol–water partition coefficient (Wildman–Crippen LogP) is 4.99. The lowest BCUT2D eigenvalue weighted by molar-refractivity contribution is 0.470. The van der Waals surface area contributed by atoms with Gasteiger partial charge in [-0.05, 0) is 41.0 Å². The number of hydrogen-bond donors (Lipinski definition) is 1. The van der Waals surface area contributed by atoms with Crippen LogP contribution in [0.4, 0.5) is 0 Å². The molecule has 0 saturated carbocycles. The Morgan fingerprint density at radius 3 is 2.61 bits per heavy atom. The van der Waals surface area contributed by atoms with Gasteiger partial charge in [0.1, 0.15) is 5.75 Å². The molecule has 0 aliphatic heterocycles. The van der Waals surface area contributed by atoms with Crippen LogP contribution in [0.2, 0.25) is 0 Å². The highest BCUT2D eigenvalue weighted by molar-refractivity contribution is 5.90. The number of nitrogens with zero attached hydrogens (tertiary/aromatic N) is 1. The quantitative estimate of drug-likeness (QED) is 0.565. The number of aryl methyl sites for hydroxylation is 1. The van der Waals surface area contributed by atoms with Crippen molar-refractivity contribution in [1.82, 2.24) is 4.98 Å². The summed E-state index contributed by atoms with van der Waals surface area (Å²) in [5.74, 6) is 0.341.